The summed E-state index contributed by atoms with van der Waals surface area (Å²) >= 11 is 0. The summed E-state index contributed by atoms with van der Waals surface area (Å²) in [6.45, 7) is 1.88. The van der Waals surface area contributed by atoms with E-state index in [0.29, 0.717) is 5.76 Å². The van der Waals surface area contributed by atoms with Gasteiger partial charge in [0, 0.05) is 12.2 Å². The number of hydrogen-bond donors (Lipinski definition) is 2. The number of rotatable bonds is 2. The maximum Gasteiger partial charge on any atom is 0.291 e. The van der Waals surface area contributed by atoms with E-state index in [0.717, 1.165) is 25.2 Å². The van der Waals surface area contributed by atoms with Crippen LogP contribution in [0.1, 0.15) is 21.7 Å². The molecule has 2 N–H and O–H groups in total. The third kappa shape index (κ3) is 2.15. The zero-order valence-corrected chi connectivity index (χ0v) is 9.90. The highest BCUT2D eigenvalue weighted by molar-refractivity contribution is 6.02. The van der Waals surface area contributed by atoms with Crippen molar-refractivity contribution in [1.82, 2.24) is 5.32 Å². The zero-order valence-electron chi connectivity index (χ0n) is 9.90. The molecule has 2 heterocycles. The van der Waals surface area contributed by atoms with Crippen molar-refractivity contribution in [3.63, 3.8) is 0 Å². The maximum atomic E-state index is 11.8. The van der Waals surface area contributed by atoms with Crippen molar-refractivity contribution >= 4 is 11.6 Å². The summed E-state index contributed by atoms with van der Waals surface area (Å²) < 4.78 is 5.06. The molecule has 0 saturated carbocycles. The van der Waals surface area contributed by atoms with Crippen LogP contribution in [-0.2, 0) is 13.0 Å². The fourth-order valence-electron chi connectivity index (χ4n) is 2.16. The quantitative estimate of drug-likeness (QED) is 0.848. The van der Waals surface area contributed by atoms with E-state index >= 15 is 0 Å². The van der Waals surface area contributed by atoms with Crippen LogP contribution in [0.25, 0.3) is 0 Å². The number of benzene rings is 1. The van der Waals surface area contributed by atoms with Gasteiger partial charge in [-0.3, -0.25) is 4.79 Å². The molecule has 1 amide bonds. The van der Waals surface area contributed by atoms with Gasteiger partial charge < -0.3 is 15.1 Å². The monoisotopic (exact) mass is 242 g/mol. The SMILES string of the molecule is O=C(Nc1ccc2c(c1)CNCC2)c1ccco1. The van der Waals surface area contributed by atoms with Crippen LogP contribution < -0.4 is 10.6 Å². The smallest absolute Gasteiger partial charge is 0.291 e. The minimum Gasteiger partial charge on any atom is -0.459 e. The van der Waals surface area contributed by atoms with Crippen molar-refractivity contribution < 1.29 is 9.21 Å². The Labute approximate surface area is 105 Å². The van der Waals surface area contributed by atoms with Gasteiger partial charge in [0.2, 0.25) is 0 Å². The Morgan fingerprint density at radius 3 is 3.06 bits per heavy atom. The molecule has 3 rings (SSSR count). The van der Waals surface area contributed by atoms with Crippen LogP contribution in [0.2, 0.25) is 0 Å². The topological polar surface area (TPSA) is 54.3 Å². The highest BCUT2D eigenvalue weighted by Crippen LogP contribution is 2.19. The number of furan rings is 1. The van der Waals surface area contributed by atoms with Gasteiger partial charge in [0.15, 0.2) is 5.76 Å². The van der Waals surface area contributed by atoms with Gasteiger partial charge in [-0.15, -0.1) is 0 Å². The highest BCUT2D eigenvalue weighted by atomic mass is 16.3. The van der Waals surface area contributed by atoms with Gasteiger partial charge >= 0.3 is 0 Å². The normalized spacial score (nSPS) is 14.0. The molecule has 4 nitrogen and oxygen atoms in total. The van der Waals surface area contributed by atoms with Gasteiger partial charge in [0.25, 0.3) is 5.91 Å². The minimum atomic E-state index is -0.219. The lowest BCUT2D eigenvalue weighted by atomic mass is 10.0. The number of fused-ring (bicyclic) bond motifs is 1. The van der Waals surface area contributed by atoms with Crippen molar-refractivity contribution in [2.45, 2.75) is 13.0 Å². The van der Waals surface area contributed by atoms with E-state index in [2.05, 4.69) is 16.7 Å². The lowest BCUT2D eigenvalue weighted by Crippen LogP contribution is -2.23. The molecule has 0 spiro atoms. The summed E-state index contributed by atoms with van der Waals surface area (Å²) in [7, 11) is 0. The van der Waals surface area contributed by atoms with Crippen LogP contribution in [0.5, 0.6) is 0 Å². The lowest BCUT2D eigenvalue weighted by Gasteiger charge is -2.17. The fraction of sp³-hybridized carbons (Fsp3) is 0.214. The van der Waals surface area contributed by atoms with E-state index in [-0.39, 0.29) is 5.91 Å². The van der Waals surface area contributed by atoms with E-state index in [1.54, 1.807) is 12.1 Å². The fourth-order valence-corrected chi connectivity index (χ4v) is 2.16. The maximum absolute atomic E-state index is 11.8. The van der Waals surface area contributed by atoms with E-state index in [1.807, 2.05) is 12.1 Å². The summed E-state index contributed by atoms with van der Waals surface area (Å²) in [4.78, 5) is 11.8. The average molecular weight is 242 g/mol. The molecule has 92 valence electrons. The molecule has 1 aromatic heterocycles. The van der Waals surface area contributed by atoms with Crippen molar-refractivity contribution in [2.24, 2.45) is 0 Å². The predicted molar refractivity (Wildman–Crippen MR) is 68.5 cm³/mol. The van der Waals surface area contributed by atoms with Gasteiger partial charge in [-0.1, -0.05) is 6.07 Å². The third-order valence-corrected chi connectivity index (χ3v) is 3.10. The van der Waals surface area contributed by atoms with Crippen LogP contribution >= 0.6 is 0 Å². The average Bonchev–Trinajstić information content (AvgIpc) is 2.92. The molecule has 0 aliphatic carbocycles. The number of carbonyl (C=O) groups is 1. The summed E-state index contributed by atoms with van der Waals surface area (Å²) in [6, 6.07) is 9.38. The van der Waals surface area contributed by atoms with Crippen LogP contribution in [0.3, 0.4) is 0 Å². The molecule has 0 atom stereocenters. The molecule has 1 aliphatic heterocycles. The molecule has 1 aliphatic rings. The van der Waals surface area contributed by atoms with Crippen LogP contribution in [-0.4, -0.2) is 12.5 Å². The van der Waals surface area contributed by atoms with Crippen molar-refractivity contribution in [1.29, 1.82) is 0 Å². The summed E-state index contributed by atoms with van der Waals surface area (Å²) in [6.07, 6.45) is 2.54. The molecule has 0 radical (unpaired) electrons. The van der Waals surface area contributed by atoms with Crippen LogP contribution in [0.4, 0.5) is 5.69 Å². The first-order chi connectivity index (χ1) is 8.83. The lowest BCUT2D eigenvalue weighted by molar-refractivity contribution is 0.0996. The summed E-state index contributed by atoms with van der Waals surface area (Å²) in [5, 5.41) is 6.15. The number of nitrogens with one attached hydrogen (secondary N) is 2. The number of carbonyl (C=O) groups excluding carboxylic acids is 1. The molecular formula is C14H14N2O2. The van der Waals surface area contributed by atoms with Crippen molar-refractivity contribution in [3.8, 4) is 0 Å². The highest BCUT2D eigenvalue weighted by Gasteiger charge is 2.12. The Hall–Kier alpha value is -2.07. The van der Waals surface area contributed by atoms with Gasteiger partial charge in [0.05, 0.1) is 6.26 Å². The molecule has 0 fully saturated rings. The molecular weight excluding hydrogens is 228 g/mol. The molecule has 0 saturated heterocycles. The standard InChI is InChI=1S/C14H14N2O2/c17-14(13-2-1-7-18-13)16-12-4-3-10-5-6-15-9-11(10)8-12/h1-4,7-8,15H,5-6,9H2,(H,16,17). The molecule has 4 heteroatoms. The second-order valence-corrected chi connectivity index (χ2v) is 4.34. The second-order valence-electron chi connectivity index (χ2n) is 4.34. The van der Waals surface area contributed by atoms with E-state index in [1.165, 1.54) is 17.4 Å². The van der Waals surface area contributed by atoms with Crippen LogP contribution in [0.15, 0.2) is 41.0 Å². The predicted octanol–water partition coefficient (Wildman–Crippen LogP) is 2.18. The number of anilines is 1. The first-order valence-electron chi connectivity index (χ1n) is 6.00. The van der Waals surface area contributed by atoms with Crippen LogP contribution in [0, 0.1) is 0 Å². The molecule has 0 bridgehead atoms. The largest absolute Gasteiger partial charge is 0.459 e. The summed E-state index contributed by atoms with van der Waals surface area (Å²) in [5.74, 6) is 0.106. The first-order valence-corrected chi connectivity index (χ1v) is 6.00. The summed E-state index contributed by atoms with van der Waals surface area (Å²) in [5.41, 5.74) is 3.40. The molecule has 2 aromatic rings. The van der Waals surface area contributed by atoms with Crippen molar-refractivity contribution in [2.75, 3.05) is 11.9 Å². The van der Waals surface area contributed by atoms with E-state index in [9.17, 15) is 4.79 Å². The Bertz CT molecular complexity index is 561. The van der Waals surface area contributed by atoms with Gasteiger partial charge in [0.1, 0.15) is 0 Å². The first kappa shape index (κ1) is 11.0. The molecule has 0 unspecified atom stereocenters. The number of hydrogen-bond acceptors (Lipinski definition) is 3. The Morgan fingerprint density at radius 1 is 1.28 bits per heavy atom. The van der Waals surface area contributed by atoms with Gasteiger partial charge in [-0.25, -0.2) is 0 Å². The third-order valence-electron chi connectivity index (χ3n) is 3.10. The Kier molecular flexibility index (Phi) is 2.86. The van der Waals surface area contributed by atoms with E-state index in [4.69, 9.17) is 4.42 Å². The molecule has 18 heavy (non-hydrogen) atoms. The minimum absolute atomic E-state index is 0.219. The van der Waals surface area contributed by atoms with Gasteiger partial charge in [-0.2, -0.15) is 0 Å². The second kappa shape index (κ2) is 4.66. The number of amides is 1. The Morgan fingerprint density at radius 2 is 2.22 bits per heavy atom. The zero-order chi connectivity index (χ0) is 12.4. The van der Waals surface area contributed by atoms with Crippen molar-refractivity contribution in [3.05, 3.63) is 53.5 Å². The Balaban J connectivity index is 1.79. The molecule has 1 aromatic carbocycles. The van der Waals surface area contributed by atoms with Gasteiger partial charge in [-0.05, 0) is 48.4 Å². The van der Waals surface area contributed by atoms with E-state index < -0.39 is 0 Å².